The molecule has 7 heteroatoms. The number of amides is 2. The van der Waals surface area contributed by atoms with Gasteiger partial charge in [0.15, 0.2) is 0 Å². The summed E-state index contributed by atoms with van der Waals surface area (Å²) in [5.41, 5.74) is 3.03. The Kier molecular flexibility index (Phi) is 8.87. The molecule has 1 saturated heterocycles. The first kappa shape index (κ1) is 27.3. The number of benzene rings is 2. The molecule has 1 fully saturated rings. The second-order valence-electron chi connectivity index (χ2n) is 10.9. The van der Waals surface area contributed by atoms with Gasteiger partial charge in [0, 0.05) is 61.7 Å². The second-order valence-corrected chi connectivity index (χ2v) is 10.9. The Morgan fingerprint density at radius 2 is 1.79 bits per heavy atom. The van der Waals surface area contributed by atoms with Crippen LogP contribution in [0.25, 0.3) is 10.9 Å². The molecule has 2 aliphatic rings. The number of fused-ring (bicyclic) bond motifs is 2. The Morgan fingerprint density at radius 3 is 2.64 bits per heavy atom. The Morgan fingerprint density at radius 1 is 1.00 bits per heavy atom. The Labute approximate surface area is 231 Å². The zero-order chi connectivity index (χ0) is 27.1. The van der Waals surface area contributed by atoms with E-state index < -0.39 is 0 Å². The molecule has 5 rings (SSSR count). The van der Waals surface area contributed by atoms with E-state index in [0.29, 0.717) is 44.1 Å². The topological polar surface area (TPSA) is 72.8 Å². The molecule has 1 aromatic heterocycles. The van der Waals surface area contributed by atoms with E-state index in [4.69, 9.17) is 9.47 Å². The van der Waals surface area contributed by atoms with E-state index in [0.717, 1.165) is 58.2 Å². The highest BCUT2D eigenvalue weighted by molar-refractivity contribution is 5.96. The summed E-state index contributed by atoms with van der Waals surface area (Å²) in [6.45, 7) is 6.82. The smallest absolute Gasteiger partial charge is 0.255 e. The number of piperidine rings is 1. The monoisotopic (exact) mass is 531 g/mol. The van der Waals surface area contributed by atoms with Crippen molar-refractivity contribution < 1.29 is 19.1 Å². The lowest BCUT2D eigenvalue weighted by molar-refractivity contribution is -0.134. The fourth-order valence-corrected chi connectivity index (χ4v) is 6.03. The number of hydrogen-bond acceptors (Lipinski definition) is 4. The van der Waals surface area contributed by atoms with Crippen molar-refractivity contribution in [2.75, 3.05) is 39.5 Å². The lowest BCUT2D eigenvalue weighted by Crippen LogP contribution is -2.45. The van der Waals surface area contributed by atoms with E-state index in [-0.39, 0.29) is 17.2 Å². The van der Waals surface area contributed by atoms with Gasteiger partial charge in [-0.25, -0.2) is 0 Å². The highest BCUT2D eigenvalue weighted by Crippen LogP contribution is 2.38. The maximum Gasteiger partial charge on any atom is 0.255 e. The van der Waals surface area contributed by atoms with Crippen molar-refractivity contribution >= 4 is 22.7 Å². The van der Waals surface area contributed by atoms with Gasteiger partial charge in [0.1, 0.15) is 5.75 Å². The number of nitrogens with one attached hydrogen (secondary N) is 1. The predicted octanol–water partition coefficient (Wildman–Crippen LogP) is 5.21. The molecule has 2 aliphatic heterocycles. The van der Waals surface area contributed by atoms with Crippen LogP contribution in [0.1, 0.15) is 61.4 Å². The van der Waals surface area contributed by atoms with E-state index >= 15 is 0 Å². The number of likely N-dealkylation sites (tertiary alicyclic amines) is 1. The highest BCUT2D eigenvalue weighted by atomic mass is 16.5. The van der Waals surface area contributed by atoms with Gasteiger partial charge in [-0.2, -0.15) is 0 Å². The quantitative estimate of drug-likeness (QED) is 0.502. The van der Waals surface area contributed by atoms with Crippen molar-refractivity contribution in [3.8, 4) is 5.75 Å². The van der Waals surface area contributed by atoms with Gasteiger partial charge in [-0.1, -0.05) is 36.8 Å². The standard InChI is InChI=1S/C32H41N3O4/c1-2-34-23-25(26-9-3-5-11-28(26)34)13-14-30(36)35-19-16-32(17-20-35)15-7-8-21-38-22-18-33-31(37)27-10-4-6-12-29(27)39-24-32/h3-6,9-12,23H,2,7-8,13-22,24H2,1H3,(H,33,37). The molecule has 0 bridgehead atoms. The maximum absolute atomic E-state index is 13.3. The molecular formula is C32H41N3O4. The van der Waals surface area contributed by atoms with Crippen LogP contribution in [0.15, 0.2) is 54.7 Å². The lowest BCUT2D eigenvalue weighted by Gasteiger charge is -2.42. The summed E-state index contributed by atoms with van der Waals surface area (Å²) >= 11 is 0. The molecule has 0 aliphatic carbocycles. The summed E-state index contributed by atoms with van der Waals surface area (Å²) in [6, 6.07) is 15.9. The predicted molar refractivity (Wildman–Crippen MR) is 153 cm³/mol. The lowest BCUT2D eigenvalue weighted by atomic mass is 9.75. The first-order valence-corrected chi connectivity index (χ1v) is 14.5. The Bertz CT molecular complexity index is 1280. The van der Waals surface area contributed by atoms with Crippen LogP contribution in [-0.2, 0) is 22.5 Å². The van der Waals surface area contributed by atoms with Crippen LogP contribution in [0.5, 0.6) is 5.75 Å². The van der Waals surface area contributed by atoms with Crippen molar-refractivity contribution in [3.05, 3.63) is 65.9 Å². The molecule has 2 amide bonds. The minimum atomic E-state index is -0.136. The van der Waals surface area contributed by atoms with E-state index in [1.54, 1.807) is 0 Å². The van der Waals surface area contributed by atoms with Gasteiger partial charge in [0.2, 0.25) is 5.91 Å². The average molecular weight is 532 g/mol. The maximum atomic E-state index is 13.3. The summed E-state index contributed by atoms with van der Waals surface area (Å²) in [7, 11) is 0. The minimum Gasteiger partial charge on any atom is -0.492 e. The van der Waals surface area contributed by atoms with Gasteiger partial charge in [-0.3, -0.25) is 9.59 Å². The van der Waals surface area contributed by atoms with Crippen LogP contribution in [0.3, 0.4) is 0 Å². The zero-order valence-corrected chi connectivity index (χ0v) is 23.1. The molecule has 208 valence electrons. The molecule has 3 aromatic rings. The summed E-state index contributed by atoms with van der Waals surface area (Å²) in [5, 5.41) is 4.18. The Balaban J connectivity index is 1.22. The first-order valence-electron chi connectivity index (χ1n) is 14.5. The van der Waals surface area contributed by atoms with Crippen LogP contribution in [-0.4, -0.2) is 60.7 Å². The largest absolute Gasteiger partial charge is 0.492 e. The van der Waals surface area contributed by atoms with Crippen molar-refractivity contribution in [1.82, 2.24) is 14.8 Å². The average Bonchev–Trinajstić information content (AvgIpc) is 3.34. The third-order valence-corrected chi connectivity index (χ3v) is 8.44. The fraction of sp³-hybridized carbons (Fsp3) is 0.500. The van der Waals surface area contributed by atoms with Gasteiger partial charge in [-0.15, -0.1) is 0 Å². The number of ether oxygens (including phenoxy) is 2. The fourth-order valence-electron chi connectivity index (χ4n) is 6.03. The van der Waals surface area contributed by atoms with Crippen LogP contribution in [0.4, 0.5) is 0 Å². The molecular weight excluding hydrogens is 490 g/mol. The Hall–Kier alpha value is -3.32. The summed E-state index contributed by atoms with van der Waals surface area (Å²) < 4.78 is 14.4. The van der Waals surface area contributed by atoms with Crippen molar-refractivity contribution in [2.24, 2.45) is 5.41 Å². The molecule has 2 aromatic carbocycles. The molecule has 0 atom stereocenters. The van der Waals surface area contributed by atoms with Crippen LogP contribution < -0.4 is 10.1 Å². The number of rotatable bonds is 4. The number of para-hydroxylation sites is 2. The molecule has 0 radical (unpaired) electrons. The van der Waals surface area contributed by atoms with Gasteiger partial charge in [0.25, 0.3) is 5.91 Å². The summed E-state index contributed by atoms with van der Waals surface area (Å²) in [6.07, 6.45) is 8.39. The van der Waals surface area contributed by atoms with E-state index in [1.807, 2.05) is 29.2 Å². The molecule has 39 heavy (non-hydrogen) atoms. The van der Waals surface area contributed by atoms with E-state index in [2.05, 4.69) is 47.3 Å². The highest BCUT2D eigenvalue weighted by Gasteiger charge is 2.36. The number of nitrogens with zero attached hydrogens (tertiary/aromatic N) is 2. The summed E-state index contributed by atoms with van der Waals surface area (Å²) in [4.78, 5) is 28.0. The molecule has 3 heterocycles. The van der Waals surface area contributed by atoms with Gasteiger partial charge >= 0.3 is 0 Å². The third kappa shape index (κ3) is 6.47. The van der Waals surface area contributed by atoms with Gasteiger partial charge < -0.3 is 24.3 Å². The third-order valence-electron chi connectivity index (χ3n) is 8.44. The van der Waals surface area contributed by atoms with E-state index in [1.165, 1.54) is 16.5 Å². The number of aromatic nitrogens is 1. The normalized spacial score (nSPS) is 18.7. The SMILES string of the molecule is CCn1cc(CCC(=O)N2CCC3(CCCCOCCNC(=O)c4ccccc4OC3)CC2)c2ccccc21. The number of carbonyl (C=O) groups excluding carboxylic acids is 2. The van der Waals surface area contributed by atoms with E-state index in [9.17, 15) is 9.59 Å². The van der Waals surface area contributed by atoms with Crippen LogP contribution in [0.2, 0.25) is 0 Å². The van der Waals surface area contributed by atoms with Gasteiger partial charge in [-0.05, 0) is 62.8 Å². The van der Waals surface area contributed by atoms with Crippen molar-refractivity contribution in [1.29, 1.82) is 0 Å². The second kappa shape index (κ2) is 12.7. The van der Waals surface area contributed by atoms with Crippen LogP contribution in [0, 0.1) is 5.41 Å². The molecule has 1 spiro atoms. The zero-order valence-electron chi connectivity index (χ0n) is 23.1. The molecule has 0 saturated carbocycles. The van der Waals surface area contributed by atoms with Crippen molar-refractivity contribution in [2.45, 2.75) is 58.4 Å². The minimum absolute atomic E-state index is 0.0148. The molecule has 0 unspecified atom stereocenters. The number of aryl methyl sites for hydroxylation is 2. The van der Waals surface area contributed by atoms with Crippen molar-refractivity contribution in [3.63, 3.8) is 0 Å². The number of carbonyl (C=O) groups is 2. The molecule has 7 nitrogen and oxygen atoms in total. The van der Waals surface area contributed by atoms with Gasteiger partial charge in [0.05, 0.1) is 18.8 Å². The van der Waals surface area contributed by atoms with Crippen LogP contribution >= 0.6 is 0 Å². The molecule has 1 N–H and O–H groups in total. The first-order chi connectivity index (χ1) is 19.1. The number of hydrogen-bond donors (Lipinski definition) is 1. The summed E-state index contributed by atoms with van der Waals surface area (Å²) in [5.74, 6) is 0.718.